The van der Waals surface area contributed by atoms with Gasteiger partial charge in [0.15, 0.2) is 6.29 Å². The fraction of sp³-hybridized carbons (Fsp3) is 0.240. The van der Waals surface area contributed by atoms with E-state index >= 15 is 0 Å². The Bertz CT molecular complexity index is 887. The second-order valence-corrected chi connectivity index (χ2v) is 7.41. The van der Waals surface area contributed by atoms with Gasteiger partial charge < -0.3 is 5.73 Å². The van der Waals surface area contributed by atoms with Gasteiger partial charge in [0, 0.05) is 11.3 Å². The van der Waals surface area contributed by atoms with Crippen LogP contribution in [0.2, 0.25) is 0 Å². The Hall–Kier alpha value is -2.87. The van der Waals surface area contributed by atoms with Gasteiger partial charge in [0.25, 0.3) is 0 Å². The molecule has 3 aromatic carbocycles. The van der Waals surface area contributed by atoms with Crippen molar-refractivity contribution < 1.29 is 4.79 Å². The van der Waals surface area contributed by atoms with Crippen LogP contribution in [-0.4, -0.2) is 6.29 Å². The Morgan fingerprint density at radius 3 is 1.85 bits per heavy atom. The Balaban J connectivity index is 1.89. The van der Waals surface area contributed by atoms with Gasteiger partial charge >= 0.3 is 0 Å². The number of anilines is 1. The minimum atomic E-state index is 0.221. The van der Waals surface area contributed by atoms with Gasteiger partial charge in [-0.3, -0.25) is 4.79 Å². The Morgan fingerprint density at radius 1 is 0.815 bits per heavy atom. The lowest BCUT2D eigenvalue weighted by Gasteiger charge is -2.20. The van der Waals surface area contributed by atoms with Crippen LogP contribution >= 0.6 is 0 Å². The molecular weight excluding hydrogens is 330 g/mol. The average Bonchev–Trinajstić information content (AvgIpc) is 2.68. The van der Waals surface area contributed by atoms with E-state index in [0.29, 0.717) is 17.2 Å². The summed E-state index contributed by atoms with van der Waals surface area (Å²) in [6, 6.07) is 25.0. The number of carbonyl (C=O) groups excluding carboxylic acids is 1. The SMILES string of the molecule is CC(Cc1ccccc1)c1cc(N)c(C=O)c(C(C)Cc2ccccc2)c1. The lowest BCUT2D eigenvalue weighted by atomic mass is 9.85. The van der Waals surface area contributed by atoms with Gasteiger partial charge in [-0.1, -0.05) is 80.6 Å². The molecule has 3 aromatic rings. The van der Waals surface area contributed by atoms with Crippen molar-refractivity contribution >= 4 is 12.0 Å². The Labute approximate surface area is 162 Å². The van der Waals surface area contributed by atoms with E-state index in [1.165, 1.54) is 16.7 Å². The zero-order chi connectivity index (χ0) is 19.2. The van der Waals surface area contributed by atoms with Gasteiger partial charge in [-0.2, -0.15) is 0 Å². The van der Waals surface area contributed by atoms with Crippen LogP contribution in [0.5, 0.6) is 0 Å². The minimum absolute atomic E-state index is 0.221. The van der Waals surface area contributed by atoms with Gasteiger partial charge in [-0.25, -0.2) is 0 Å². The van der Waals surface area contributed by atoms with E-state index in [1.54, 1.807) is 0 Å². The van der Waals surface area contributed by atoms with Crippen LogP contribution in [0.4, 0.5) is 5.69 Å². The van der Waals surface area contributed by atoms with E-state index in [4.69, 9.17) is 5.73 Å². The highest BCUT2D eigenvalue weighted by atomic mass is 16.1. The van der Waals surface area contributed by atoms with Crippen LogP contribution in [0.1, 0.15) is 58.3 Å². The number of nitrogens with two attached hydrogens (primary N) is 1. The average molecular weight is 357 g/mol. The maximum atomic E-state index is 11.7. The van der Waals surface area contributed by atoms with E-state index < -0.39 is 0 Å². The van der Waals surface area contributed by atoms with Crippen LogP contribution in [0, 0.1) is 0 Å². The van der Waals surface area contributed by atoms with Crippen LogP contribution in [-0.2, 0) is 12.8 Å². The van der Waals surface area contributed by atoms with E-state index in [9.17, 15) is 4.79 Å². The summed E-state index contributed by atoms with van der Waals surface area (Å²) in [5.74, 6) is 0.553. The number of rotatable bonds is 7. The van der Waals surface area contributed by atoms with E-state index in [0.717, 1.165) is 24.7 Å². The molecular formula is C25H27NO. The van der Waals surface area contributed by atoms with Crippen LogP contribution in [0.15, 0.2) is 72.8 Å². The van der Waals surface area contributed by atoms with Crippen molar-refractivity contribution in [3.63, 3.8) is 0 Å². The molecule has 3 rings (SSSR count). The zero-order valence-electron chi connectivity index (χ0n) is 16.1. The van der Waals surface area contributed by atoms with E-state index in [-0.39, 0.29) is 5.92 Å². The molecule has 0 saturated heterocycles. The van der Waals surface area contributed by atoms with Crippen LogP contribution in [0.25, 0.3) is 0 Å². The van der Waals surface area contributed by atoms with Crippen molar-refractivity contribution in [2.75, 3.05) is 5.73 Å². The van der Waals surface area contributed by atoms with Crippen LogP contribution < -0.4 is 5.73 Å². The lowest BCUT2D eigenvalue weighted by Crippen LogP contribution is -2.09. The smallest absolute Gasteiger partial charge is 0.152 e. The third-order valence-corrected chi connectivity index (χ3v) is 5.25. The fourth-order valence-electron chi connectivity index (χ4n) is 3.71. The predicted molar refractivity (Wildman–Crippen MR) is 113 cm³/mol. The van der Waals surface area contributed by atoms with Crippen molar-refractivity contribution in [2.24, 2.45) is 0 Å². The summed E-state index contributed by atoms with van der Waals surface area (Å²) in [7, 11) is 0. The normalized spacial score (nSPS) is 13.1. The Kier molecular flexibility index (Phi) is 6.08. The van der Waals surface area contributed by atoms with Crippen molar-refractivity contribution in [1.82, 2.24) is 0 Å². The molecule has 27 heavy (non-hydrogen) atoms. The van der Waals surface area contributed by atoms with Crippen molar-refractivity contribution in [1.29, 1.82) is 0 Å². The zero-order valence-corrected chi connectivity index (χ0v) is 16.1. The summed E-state index contributed by atoms with van der Waals surface area (Å²) in [6.07, 6.45) is 2.74. The highest BCUT2D eigenvalue weighted by Crippen LogP contribution is 2.32. The molecule has 0 spiro atoms. The standard InChI is InChI=1S/C25H27NO/c1-18(13-20-9-5-3-6-10-20)22-15-23(24(17-27)25(26)16-22)19(2)14-21-11-7-4-8-12-21/h3-12,15-19H,13-14,26H2,1-2H3. The van der Waals surface area contributed by atoms with Gasteiger partial charge in [-0.15, -0.1) is 0 Å². The number of nitrogen functional groups attached to an aromatic ring is 1. The van der Waals surface area contributed by atoms with Gasteiger partial charge in [0.1, 0.15) is 0 Å². The largest absolute Gasteiger partial charge is 0.398 e. The minimum Gasteiger partial charge on any atom is -0.398 e. The molecule has 0 aliphatic heterocycles. The molecule has 0 bridgehead atoms. The molecule has 2 unspecified atom stereocenters. The summed E-state index contributed by atoms with van der Waals surface area (Å²) < 4.78 is 0. The van der Waals surface area contributed by atoms with E-state index in [1.807, 2.05) is 18.2 Å². The second kappa shape index (κ2) is 8.68. The summed E-state index contributed by atoms with van der Waals surface area (Å²) in [4.78, 5) is 11.7. The predicted octanol–water partition coefficient (Wildman–Crippen LogP) is 5.77. The molecule has 0 aromatic heterocycles. The molecule has 0 aliphatic rings. The number of hydrogen-bond donors (Lipinski definition) is 1. The van der Waals surface area contributed by atoms with Gasteiger partial charge in [0.2, 0.25) is 0 Å². The first-order valence-corrected chi connectivity index (χ1v) is 9.54. The molecule has 0 radical (unpaired) electrons. The first-order chi connectivity index (χ1) is 13.1. The summed E-state index contributed by atoms with van der Waals surface area (Å²) in [5.41, 5.74) is 12.3. The topological polar surface area (TPSA) is 43.1 Å². The second-order valence-electron chi connectivity index (χ2n) is 7.41. The highest BCUT2D eigenvalue weighted by Gasteiger charge is 2.17. The molecule has 2 nitrogen and oxygen atoms in total. The summed E-state index contributed by atoms with van der Waals surface area (Å²) >= 11 is 0. The molecule has 0 aliphatic carbocycles. The molecule has 2 heteroatoms. The molecule has 0 amide bonds. The molecule has 0 fully saturated rings. The van der Waals surface area contributed by atoms with E-state index in [2.05, 4.69) is 68.4 Å². The molecule has 2 atom stereocenters. The number of hydrogen-bond acceptors (Lipinski definition) is 2. The summed E-state index contributed by atoms with van der Waals surface area (Å²) in [6.45, 7) is 4.38. The van der Waals surface area contributed by atoms with Crippen LogP contribution in [0.3, 0.4) is 0 Å². The van der Waals surface area contributed by atoms with Gasteiger partial charge in [-0.05, 0) is 53.0 Å². The molecule has 138 valence electrons. The lowest BCUT2D eigenvalue weighted by molar-refractivity contribution is 0.112. The summed E-state index contributed by atoms with van der Waals surface area (Å²) in [5, 5.41) is 0. The molecule has 2 N–H and O–H groups in total. The molecule has 0 heterocycles. The van der Waals surface area contributed by atoms with Crippen molar-refractivity contribution in [3.05, 3.63) is 101 Å². The van der Waals surface area contributed by atoms with Crippen molar-refractivity contribution in [3.8, 4) is 0 Å². The number of aldehydes is 1. The van der Waals surface area contributed by atoms with Gasteiger partial charge in [0.05, 0.1) is 0 Å². The Morgan fingerprint density at radius 2 is 1.33 bits per heavy atom. The quantitative estimate of drug-likeness (QED) is 0.430. The maximum absolute atomic E-state index is 11.7. The molecule has 0 saturated carbocycles. The fourth-order valence-corrected chi connectivity index (χ4v) is 3.71. The maximum Gasteiger partial charge on any atom is 0.152 e. The first-order valence-electron chi connectivity index (χ1n) is 9.54. The third kappa shape index (κ3) is 4.65. The monoisotopic (exact) mass is 357 g/mol. The van der Waals surface area contributed by atoms with Crippen molar-refractivity contribution in [2.45, 2.75) is 38.5 Å². The third-order valence-electron chi connectivity index (χ3n) is 5.25. The number of benzene rings is 3. The number of carbonyl (C=O) groups is 1. The first kappa shape index (κ1) is 18.9. The highest BCUT2D eigenvalue weighted by molar-refractivity contribution is 5.86.